The number of nitrogens with zero attached hydrogens (tertiary/aromatic N) is 1. The summed E-state index contributed by atoms with van der Waals surface area (Å²) in [6.07, 6.45) is 3.69. The Bertz CT molecular complexity index is 161. The molecular formula is C11H23NO2. The quantitative estimate of drug-likeness (QED) is 0.638. The molecule has 0 aromatic carbocycles. The molecule has 1 atom stereocenters. The second-order valence-electron chi connectivity index (χ2n) is 2.81. The van der Waals surface area contributed by atoms with E-state index < -0.39 is 0 Å². The van der Waals surface area contributed by atoms with Gasteiger partial charge >= 0.3 is 0 Å². The first kappa shape index (κ1) is 15.6. The first-order chi connectivity index (χ1) is 6.61. The van der Waals surface area contributed by atoms with Gasteiger partial charge in [-0.3, -0.25) is 4.79 Å². The SMILES string of the molecule is CC.CCC(OC)C(=O)/C=C/N(C)C. The Morgan fingerprint density at radius 2 is 1.93 bits per heavy atom. The van der Waals surface area contributed by atoms with Gasteiger partial charge in [0.1, 0.15) is 6.10 Å². The highest BCUT2D eigenvalue weighted by atomic mass is 16.5. The summed E-state index contributed by atoms with van der Waals surface area (Å²) >= 11 is 0. The summed E-state index contributed by atoms with van der Waals surface area (Å²) < 4.78 is 4.97. The fourth-order valence-corrected chi connectivity index (χ4v) is 0.814. The zero-order chi connectivity index (χ0) is 11.6. The van der Waals surface area contributed by atoms with E-state index in [2.05, 4.69) is 0 Å². The Labute approximate surface area is 87.7 Å². The summed E-state index contributed by atoms with van der Waals surface area (Å²) in [6.45, 7) is 5.93. The van der Waals surface area contributed by atoms with Crippen LogP contribution in [0.5, 0.6) is 0 Å². The van der Waals surface area contributed by atoms with Crippen LogP contribution >= 0.6 is 0 Å². The molecule has 1 unspecified atom stereocenters. The number of carbonyl (C=O) groups excluding carboxylic acids is 1. The van der Waals surface area contributed by atoms with Crippen molar-refractivity contribution in [2.24, 2.45) is 0 Å². The number of hydrogen-bond acceptors (Lipinski definition) is 3. The van der Waals surface area contributed by atoms with E-state index in [1.807, 2.05) is 39.8 Å². The van der Waals surface area contributed by atoms with E-state index in [1.54, 1.807) is 13.3 Å². The highest BCUT2D eigenvalue weighted by Gasteiger charge is 2.11. The van der Waals surface area contributed by atoms with E-state index in [9.17, 15) is 4.79 Å². The molecule has 3 nitrogen and oxygen atoms in total. The van der Waals surface area contributed by atoms with Crippen molar-refractivity contribution in [3.05, 3.63) is 12.3 Å². The smallest absolute Gasteiger partial charge is 0.185 e. The number of methoxy groups -OCH3 is 1. The minimum atomic E-state index is -0.291. The van der Waals surface area contributed by atoms with Gasteiger partial charge in [-0.25, -0.2) is 0 Å². The van der Waals surface area contributed by atoms with Crippen LogP contribution in [0.1, 0.15) is 27.2 Å². The molecule has 0 aliphatic heterocycles. The zero-order valence-corrected chi connectivity index (χ0v) is 10.2. The lowest BCUT2D eigenvalue weighted by atomic mass is 10.2. The first-order valence-corrected chi connectivity index (χ1v) is 5.03. The monoisotopic (exact) mass is 201 g/mol. The predicted octanol–water partition coefficient (Wildman–Crippen LogP) is 2.08. The molecule has 0 saturated carbocycles. The van der Waals surface area contributed by atoms with Crippen LogP contribution in [0, 0.1) is 0 Å². The highest BCUT2D eigenvalue weighted by Crippen LogP contribution is 1.98. The average Bonchev–Trinajstić information content (AvgIpc) is 2.19. The van der Waals surface area contributed by atoms with Gasteiger partial charge in [-0.15, -0.1) is 0 Å². The summed E-state index contributed by atoms with van der Waals surface area (Å²) in [6, 6.07) is 0. The molecule has 0 spiro atoms. The van der Waals surface area contributed by atoms with Crippen LogP contribution in [0.4, 0.5) is 0 Å². The van der Waals surface area contributed by atoms with E-state index in [0.717, 1.165) is 0 Å². The molecule has 0 saturated heterocycles. The number of carbonyl (C=O) groups is 1. The Kier molecular flexibility index (Phi) is 11.4. The molecule has 0 amide bonds. The van der Waals surface area contributed by atoms with Crippen LogP contribution in [0.2, 0.25) is 0 Å². The molecule has 84 valence electrons. The minimum Gasteiger partial charge on any atom is -0.383 e. The fourth-order valence-electron chi connectivity index (χ4n) is 0.814. The van der Waals surface area contributed by atoms with Gasteiger partial charge in [-0.1, -0.05) is 20.8 Å². The summed E-state index contributed by atoms with van der Waals surface area (Å²) in [7, 11) is 5.30. The Balaban J connectivity index is 0. The van der Waals surface area contributed by atoms with Crippen molar-refractivity contribution in [2.75, 3.05) is 21.2 Å². The normalized spacial score (nSPS) is 11.9. The summed E-state index contributed by atoms with van der Waals surface area (Å²) in [4.78, 5) is 13.1. The van der Waals surface area contributed by atoms with E-state index in [0.29, 0.717) is 6.42 Å². The van der Waals surface area contributed by atoms with Crippen molar-refractivity contribution in [2.45, 2.75) is 33.3 Å². The largest absolute Gasteiger partial charge is 0.383 e. The number of rotatable bonds is 5. The molecule has 3 heteroatoms. The summed E-state index contributed by atoms with van der Waals surface area (Å²) in [5, 5.41) is 0. The van der Waals surface area contributed by atoms with Crippen molar-refractivity contribution >= 4 is 5.78 Å². The van der Waals surface area contributed by atoms with Crippen molar-refractivity contribution in [3.63, 3.8) is 0 Å². The Hall–Kier alpha value is -0.830. The lowest BCUT2D eigenvalue weighted by Crippen LogP contribution is -2.20. The maximum atomic E-state index is 11.3. The summed E-state index contributed by atoms with van der Waals surface area (Å²) in [5.74, 6) is 0.0219. The molecule has 0 heterocycles. The lowest BCUT2D eigenvalue weighted by Gasteiger charge is -2.09. The fraction of sp³-hybridized carbons (Fsp3) is 0.727. The zero-order valence-electron chi connectivity index (χ0n) is 10.2. The third kappa shape index (κ3) is 7.80. The van der Waals surface area contributed by atoms with Crippen LogP contribution in [-0.2, 0) is 9.53 Å². The second-order valence-corrected chi connectivity index (χ2v) is 2.81. The van der Waals surface area contributed by atoms with E-state index >= 15 is 0 Å². The lowest BCUT2D eigenvalue weighted by molar-refractivity contribution is -0.124. The van der Waals surface area contributed by atoms with Crippen molar-refractivity contribution in [1.82, 2.24) is 4.90 Å². The molecule has 14 heavy (non-hydrogen) atoms. The average molecular weight is 201 g/mol. The second kappa shape index (κ2) is 10.3. The van der Waals surface area contributed by atoms with Gasteiger partial charge in [0.25, 0.3) is 0 Å². The van der Waals surface area contributed by atoms with Crippen molar-refractivity contribution < 1.29 is 9.53 Å². The Morgan fingerprint density at radius 1 is 1.43 bits per heavy atom. The van der Waals surface area contributed by atoms with Crippen LogP contribution in [0.15, 0.2) is 12.3 Å². The molecule has 0 radical (unpaired) electrons. The third-order valence-corrected chi connectivity index (χ3v) is 1.51. The van der Waals surface area contributed by atoms with Gasteiger partial charge in [0.2, 0.25) is 0 Å². The van der Waals surface area contributed by atoms with Gasteiger partial charge in [0.15, 0.2) is 5.78 Å². The maximum Gasteiger partial charge on any atom is 0.185 e. The molecule has 0 bridgehead atoms. The molecular weight excluding hydrogens is 178 g/mol. The van der Waals surface area contributed by atoms with Crippen LogP contribution in [-0.4, -0.2) is 38.0 Å². The van der Waals surface area contributed by atoms with Gasteiger partial charge in [0.05, 0.1) is 0 Å². The number of ketones is 1. The van der Waals surface area contributed by atoms with E-state index in [4.69, 9.17) is 4.74 Å². The van der Waals surface area contributed by atoms with Gasteiger partial charge < -0.3 is 9.64 Å². The number of hydrogen-bond donors (Lipinski definition) is 0. The van der Waals surface area contributed by atoms with Crippen LogP contribution < -0.4 is 0 Å². The summed E-state index contributed by atoms with van der Waals surface area (Å²) in [5.41, 5.74) is 0. The molecule has 0 fully saturated rings. The molecule has 0 rings (SSSR count). The molecule has 0 aliphatic rings. The highest BCUT2D eigenvalue weighted by molar-refractivity contribution is 5.93. The van der Waals surface area contributed by atoms with Crippen LogP contribution in [0.3, 0.4) is 0 Å². The Morgan fingerprint density at radius 3 is 2.21 bits per heavy atom. The topological polar surface area (TPSA) is 29.5 Å². The third-order valence-electron chi connectivity index (χ3n) is 1.51. The van der Waals surface area contributed by atoms with Gasteiger partial charge in [-0.2, -0.15) is 0 Å². The molecule has 0 aliphatic carbocycles. The number of ether oxygens (including phenoxy) is 1. The van der Waals surface area contributed by atoms with E-state index in [1.165, 1.54) is 6.08 Å². The first-order valence-electron chi connectivity index (χ1n) is 5.03. The van der Waals surface area contributed by atoms with Crippen molar-refractivity contribution in [3.8, 4) is 0 Å². The minimum absolute atomic E-state index is 0.0219. The van der Waals surface area contributed by atoms with Crippen LogP contribution in [0.25, 0.3) is 0 Å². The predicted molar refractivity (Wildman–Crippen MR) is 60.3 cm³/mol. The molecule has 0 N–H and O–H groups in total. The molecule has 0 aromatic heterocycles. The molecule has 0 aromatic rings. The van der Waals surface area contributed by atoms with Gasteiger partial charge in [0, 0.05) is 27.4 Å². The standard InChI is InChI=1S/C9H17NO2.C2H6/c1-5-9(12-4)8(11)6-7-10(2)3;1-2/h6-7,9H,5H2,1-4H3;1-2H3/b7-6+;. The van der Waals surface area contributed by atoms with E-state index in [-0.39, 0.29) is 11.9 Å². The van der Waals surface area contributed by atoms with Gasteiger partial charge in [-0.05, 0) is 12.5 Å². The maximum absolute atomic E-state index is 11.3. The van der Waals surface area contributed by atoms with Crippen molar-refractivity contribution in [1.29, 1.82) is 0 Å².